The van der Waals surface area contributed by atoms with Gasteiger partial charge in [0.05, 0.1) is 26.4 Å². The fraction of sp³-hybridized carbons (Fsp3) is 0.348. The van der Waals surface area contributed by atoms with Crippen LogP contribution >= 0.6 is 0 Å². The Labute approximate surface area is 185 Å². The number of amides is 1. The molecular formula is C23H26N4O5. The fourth-order valence-corrected chi connectivity index (χ4v) is 3.83. The number of hydrogen-bond donors (Lipinski definition) is 2. The molecule has 1 amide bonds. The number of ether oxygens (including phenoxy) is 2. The van der Waals surface area contributed by atoms with Gasteiger partial charge in [0.2, 0.25) is 0 Å². The van der Waals surface area contributed by atoms with Crippen molar-refractivity contribution in [3.63, 3.8) is 0 Å². The Balaban J connectivity index is 1.53. The van der Waals surface area contributed by atoms with E-state index in [4.69, 9.17) is 9.47 Å². The molecule has 0 spiro atoms. The number of aromatic nitrogens is 2. The summed E-state index contributed by atoms with van der Waals surface area (Å²) in [5, 5.41) is 6.78. The summed E-state index contributed by atoms with van der Waals surface area (Å²) in [6.07, 6.45) is 0. The SMILES string of the molecule is COc1ccc(C(CNC(=O)c2cc(-c3noc(=O)[nH]3)ccc2C)N2CCOCC2)cc1. The lowest BCUT2D eigenvalue weighted by Crippen LogP contribution is -2.43. The second kappa shape index (κ2) is 9.80. The Bertz CT molecular complexity index is 1120. The molecule has 4 rings (SSSR count). The highest BCUT2D eigenvalue weighted by atomic mass is 16.5. The lowest BCUT2D eigenvalue weighted by molar-refractivity contribution is 0.0162. The van der Waals surface area contributed by atoms with Crippen molar-refractivity contribution in [1.82, 2.24) is 20.4 Å². The fourth-order valence-electron chi connectivity index (χ4n) is 3.83. The van der Waals surface area contributed by atoms with Crippen LogP contribution in [0.2, 0.25) is 0 Å². The molecule has 3 aromatic rings. The lowest BCUT2D eigenvalue weighted by Gasteiger charge is -2.35. The minimum absolute atomic E-state index is 0.00383. The summed E-state index contributed by atoms with van der Waals surface area (Å²) < 4.78 is 15.4. The molecular weight excluding hydrogens is 412 g/mol. The van der Waals surface area contributed by atoms with E-state index in [-0.39, 0.29) is 17.8 Å². The van der Waals surface area contributed by atoms with E-state index in [1.807, 2.05) is 37.3 Å². The van der Waals surface area contributed by atoms with Crippen LogP contribution in [0, 0.1) is 6.92 Å². The van der Waals surface area contributed by atoms with E-state index in [0.717, 1.165) is 30.0 Å². The number of benzene rings is 2. The van der Waals surface area contributed by atoms with E-state index in [1.165, 1.54) is 0 Å². The van der Waals surface area contributed by atoms with Crippen molar-refractivity contribution < 1.29 is 18.8 Å². The maximum atomic E-state index is 13.1. The van der Waals surface area contributed by atoms with Crippen LogP contribution < -0.4 is 15.8 Å². The van der Waals surface area contributed by atoms with E-state index in [1.54, 1.807) is 19.2 Å². The Hall–Kier alpha value is -3.43. The molecule has 2 aromatic carbocycles. The van der Waals surface area contributed by atoms with Gasteiger partial charge in [0.25, 0.3) is 5.91 Å². The van der Waals surface area contributed by atoms with Crippen LogP contribution in [0.15, 0.2) is 51.8 Å². The van der Waals surface area contributed by atoms with Crippen molar-refractivity contribution >= 4 is 5.91 Å². The molecule has 1 aliphatic rings. The average molecular weight is 438 g/mol. The third kappa shape index (κ3) is 4.90. The van der Waals surface area contributed by atoms with E-state index >= 15 is 0 Å². The zero-order chi connectivity index (χ0) is 22.5. The summed E-state index contributed by atoms with van der Waals surface area (Å²) in [5.74, 6) is 0.242. The van der Waals surface area contributed by atoms with Crippen LogP contribution in [-0.2, 0) is 4.74 Å². The normalized spacial score (nSPS) is 15.3. The monoisotopic (exact) mass is 438 g/mol. The number of carbonyl (C=O) groups is 1. The number of nitrogens with zero attached hydrogens (tertiary/aromatic N) is 2. The first-order chi connectivity index (χ1) is 15.5. The highest BCUT2D eigenvalue weighted by molar-refractivity contribution is 5.96. The Morgan fingerprint density at radius 3 is 2.62 bits per heavy atom. The predicted molar refractivity (Wildman–Crippen MR) is 118 cm³/mol. The molecule has 32 heavy (non-hydrogen) atoms. The summed E-state index contributed by atoms with van der Waals surface area (Å²) in [7, 11) is 1.64. The van der Waals surface area contributed by atoms with Crippen LogP contribution in [0.3, 0.4) is 0 Å². The lowest BCUT2D eigenvalue weighted by atomic mass is 10.0. The van der Waals surface area contributed by atoms with Gasteiger partial charge in [-0.2, -0.15) is 0 Å². The summed E-state index contributed by atoms with van der Waals surface area (Å²) >= 11 is 0. The van der Waals surface area contributed by atoms with E-state index in [2.05, 4.69) is 24.9 Å². The molecule has 0 radical (unpaired) electrons. The van der Waals surface area contributed by atoms with E-state index in [9.17, 15) is 9.59 Å². The molecule has 0 aliphatic carbocycles. The average Bonchev–Trinajstić information content (AvgIpc) is 3.26. The number of hydrogen-bond acceptors (Lipinski definition) is 7. The summed E-state index contributed by atoms with van der Waals surface area (Å²) in [6, 6.07) is 13.2. The van der Waals surface area contributed by atoms with Crippen molar-refractivity contribution in [1.29, 1.82) is 0 Å². The van der Waals surface area contributed by atoms with Crippen LogP contribution in [0.5, 0.6) is 5.75 Å². The van der Waals surface area contributed by atoms with Crippen molar-refractivity contribution in [2.75, 3.05) is 40.0 Å². The summed E-state index contributed by atoms with van der Waals surface area (Å²) in [4.78, 5) is 29.2. The molecule has 1 atom stereocenters. The second-order valence-corrected chi connectivity index (χ2v) is 7.62. The highest BCUT2D eigenvalue weighted by Crippen LogP contribution is 2.24. The third-order valence-corrected chi connectivity index (χ3v) is 5.64. The molecule has 2 heterocycles. The standard InChI is InChI=1S/C23H26N4O5/c1-15-3-4-17(21-25-23(29)32-26-21)13-19(15)22(28)24-14-20(27-9-11-31-12-10-27)16-5-7-18(30-2)8-6-16/h3-8,13,20H,9-12,14H2,1-2H3,(H,24,28)(H,25,26,29). The Morgan fingerprint density at radius 1 is 1.22 bits per heavy atom. The molecule has 0 saturated carbocycles. The largest absolute Gasteiger partial charge is 0.497 e. The topological polar surface area (TPSA) is 110 Å². The second-order valence-electron chi connectivity index (χ2n) is 7.62. The van der Waals surface area contributed by atoms with Crippen molar-refractivity contribution in [2.45, 2.75) is 13.0 Å². The molecule has 1 unspecified atom stereocenters. The van der Waals surface area contributed by atoms with Gasteiger partial charge in [-0.25, -0.2) is 4.79 Å². The first kappa shape index (κ1) is 21.8. The first-order valence-corrected chi connectivity index (χ1v) is 10.5. The summed E-state index contributed by atoms with van der Waals surface area (Å²) in [5.41, 5.74) is 3.04. The minimum atomic E-state index is -0.639. The molecule has 1 aliphatic heterocycles. The molecule has 1 aromatic heterocycles. The van der Waals surface area contributed by atoms with Gasteiger partial charge in [0.15, 0.2) is 5.82 Å². The van der Waals surface area contributed by atoms with Gasteiger partial charge >= 0.3 is 5.76 Å². The van der Waals surface area contributed by atoms with Gasteiger partial charge in [-0.15, -0.1) is 0 Å². The number of morpholine rings is 1. The van der Waals surface area contributed by atoms with E-state index < -0.39 is 5.76 Å². The quantitative estimate of drug-likeness (QED) is 0.582. The van der Waals surface area contributed by atoms with Gasteiger partial charge in [-0.3, -0.25) is 19.2 Å². The molecule has 2 N–H and O–H groups in total. The van der Waals surface area contributed by atoms with Crippen LogP contribution in [-0.4, -0.2) is 60.9 Å². The maximum absolute atomic E-state index is 13.1. The molecule has 0 bridgehead atoms. The van der Waals surface area contributed by atoms with Gasteiger partial charge in [0, 0.05) is 30.8 Å². The predicted octanol–water partition coefficient (Wildman–Crippen LogP) is 2.15. The highest BCUT2D eigenvalue weighted by Gasteiger charge is 2.24. The van der Waals surface area contributed by atoms with Crippen LogP contribution in [0.25, 0.3) is 11.4 Å². The van der Waals surface area contributed by atoms with Gasteiger partial charge in [0.1, 0.15) is 5.75 Å². The molecule has 9 heteroatoms. The van der Waals surface area contributed by atoms with Crippen LogP contribution in [0.1, 0.15) is 27.5 Å². The zero-order valence-corrected chi connectivity index (χ0v) is 18.1. The zero-order valence-electron chi connectivity index (χ0n) is 18.1. The summed E-state index contributed by atoms with van der Waals surface area (Å²) in [6.45, 7) is 5.22. The number of methoxy groups -OCH3 is 1. The number of aryl methyl sites for hydroxylation is 1. The van der Waals surface area contributed by atoms with Crippen molar-refractivity contribution in [3.05, 3.63) is 69.7 Å². The number of nitrogens with one attached hydrogen (secondary N) is 2. The third-order valence-electron chi connectivity index (χ3n) is 5.64. The van der Waals surface area contributed by atoms with Gasteiger partial charge in [-0.1, -0.05) is 29.4 Å². The minimum Gasteiger partial charge on any atom is -0.497 e. The number of H-pyrrole nitrogens is 1. The Kier molecular flexibility index (Phi) is 6.67. The number of carbonyl (C=O) groups excluding carboxylic acids is 1. The van der Waals surface area contributed by atoms with Gasteiger partial charge < -0.3 is 14.8 Å². The maximum Gasteiger partial charge on any atom is 0.439 e. The molecule has 168 valence electrons. The smallest absolute Gasteiger partial charge is 0.439 e. The van der Waals surface area contributed by atoms with Crippen molar-refractivity contribution in [3.8, 4) is 17.1 Å². The van der Waals surface area contributed by atoms with E-state index in [0.29, 0.717) is 30.9 Å². The Morgan fingerprint density at radius 2 is 1.97 bits per heavy atom. The first-order valence-electron chi connectivity index (χ1n) is 10.5. The molecule has 1 fully saturated rings. The number of aromatic amines is 1. The van der Waals surface area contributed by atoms with Crippen LogP contribution in [0.4, 0.5) is 0 Å². The van der Waals surface area contributed by atoms with Gasteiger partial charge in [-0.05, 0) is 36.2 Å². The van der Waals surface area contributed by atoms with Crippen molar-refractivity contribution in [2.24, 2.45) is 0 Å². The molecule has 9 nitrogen and oxygen atoms in total. The number of rotatable bonds is 7. The molecule has 1 saturated heterocycles.